The van der Waals surface area contributed by atoms with Crippen molar-refractivity contribution in [3.63, 3.8) is 0 Å². The second-order valence-electron chi connectivity index (χ2n) is 2.37. The van der Waals surface area contributed by atoms with E-state index in [2.05, 4.69) is 16.3 Å². The summed E-state index contributed by atoms with van der Waals surface area (Å²) in [5.74, 6) is -1.67. The van der Waals surface area contributed by atoms with E-state index in [4.69, 9.17) is 4.74 Å². The molecule has 57 valence electrons. The van der Waals surface area contributed by atoms with Crippen molar-refractivity contribution >= 4 is 0 Å². The molecule has 1 radical (unpaired) electrons. The van der Waals surface area contributed by atoms with Gasteiger partial charge in [-0.25, -0.2) is 14.4 Å². The van der Waals surface area contributed by atoms with Crippen LogP contribution >= 0.6 is 0 Å². The quantitative estimate of drug-likeness (QED) is 0.599. The molecule has 11 heavy (non-hydrogen) atoms. The number of hydrogen-bond acceptors (Lipinski definition) is 3. The summed E-state index contributed by atoms with van der Waals surface area (Å²) in [4.78, 5) is 7.20. The van der Waals surface area contributed by atoms with Crippen LogP contribution in [0, 0.1) is 6.33 Å². The molecule has 2 rings (SSSR count). The molecule has 2 heterocycles. The molecule has 1 aliphatic rings. The van der Waals surface area contributed by atoms with E-state index in [9.17, 15) is 4.39 Å². The Balaban J connectivity index is 2.29. The maximum Gasteiger partial charge on any atom is 0.254 e. The smallest absolute Gasteiger partial charge is 0.254 e. The van der Waals surface area contributed by atoms with Gasteiger partial charge in [-0.3, -0.25) is 0 Å². The summed E-state index contributed by atoms with van der Waals surface area (Å²) >= 11 is 0. The van der Waals surface area contributed by atoms with E-state index in [0.29, 0.717) is 13.0 Å². The molecular weight excluding hydrogens is 147 g/mol. The maximum absolute atomic E-state index is 13.3. The summed E-state index contributed by atoms with van der Waals surface area (Å²) in [6.45, 7) is 0.459. The maximum atomic E-state index is 13.3. The number of alkyl halides is 1. The molecule has 1 atom stereocenters. The van der Waals surface area contributed by atoms with E-state index in [1.807, 2.05) is 0 Å². The van der Waals surface area contributed by atoms with Crippen molar-refractivity contribution in [2.75, 3.05) is 6.61 Å². The van der Waals surface area contributed by atoms with Crippen molar-refractivity contribution in [2.24, 2.45) is 0 Å². The van der Waals surface area contributed by atoms with Crippen LogP contribution in [0.1, 0.15) is 12.1 Å². The van der Waals surface area contributed by atoms with Gasteiger partial charge in [0.15, 0.2) is 6.33 Å². The Morgan fingerprint density at radius 3 is 3.00 bits per heavy atom. The van der Waals surface area contributed by atoms with E-state index in [1.54, 1.807) is 0 Å². The molecule has 0 saturated carbocycles. The zero-order valence-electron chi connectivity index (χ0n) is 5.75. The van der Waals surface area contributed by atoms with Crippen molar-refractivity contribution in [2.45, 2.75) is 12.3 Å². The zero-order chi connectivity index (χ0) is 7.73. The van der Waals surface area contributed by atoms with E-state index >= 15 is 0 Å². The third kappa shape index (κ3) is 0.991. The first kappa shape index (κ1) is 6.67. The highest BCUT2D eigenvalue weighted by Gasteiger charge is 2.41. The first-order chi connectivity index (χ1) is 5.31. The number of hydrogen-bond donors (Lipinski definition) is 0. The summed E-state index contributed by atoms with van der Waals surface area (Å²) in [5, 5.41) is 0. The van der Waals surface area contributed by atoms with Gasteiger partial charge >= 0.3 is 0 Å². The van der Waals surface area contributed by atoms with Crippen LogP contribution in [-0.2, 0) is 10.6 Å². The SMILES string of the molecule is FC1(c2ccn[c]n2)CCO1. The monoisotopic (exact) mass is 153 g/mol. The molecule has 1 aromatic heterocycles. The lowest BCUT2D eigenvalue weighted by molar-refractivity contribution is -0.244. The van der Waals surface area contributed by atoms with Gasteiger partial charge in [0.25, 0.3) is 5.85 Å². The van der Waals surface area contributed by atoms with Crippen LogP contribution in [-0.4, -0.2) is 16.6 Å². The van der Waals surface area contributed by atoms with Crippen molar-refractivity contribution < 1.29 is 9.13 Å². The predicted octanol–water partition coefficient (Wildman–Crippen LogP) is 0.819. The second-order valence-corrected chi connectivity index (χ2v) is 2.37. The lowest BCUT2D eigenvalue weighted by Gasteiger charge is -2.32. The molecule has 1 fully saturated rings. The Hall–Kier alpha value is -1.03. The first-order valence-corrected chi connectivity index (χ1v) is 3.34. The van der Waals surface area contributed by atoms with Gasteiger partial charge in [0.05, 0.1) is 6.61 Å². The number of nitrogens with zero attached hydrogens (tertiary/aromatic N) is 2. The summed E-state index contributed by atoms with van der Waals surface area (Å²) < 4.78 is 18.0. The number of halogens is 1. The molecule has 0 aromatic carbocycles. The average molecular weight is 153 g/mol. The van der Waals surface area contributed by atoms with Gasteiger partial charge < -0.3 is 4.74 Å². The Morgan fingerprint density at radius 1 is 1.73 bits per heavy atom. The van der Waals surface area contributed by atoms with Crippen molar-refractivity contribution in [3.05, 3.63) is 24.3 Å². The number of aromatic nitrogens is 2. The normalized spacial score (nSPS) is 29.5. The molecule has 1 aliphatic heterocycles. The molecule has 0 aliphatic carbocycles. The van der Waals surface area contributed by atoms with Gasteiger partial charge in [-0.05, 0) is 6.07 Å². The molecule has 1 aromatic rings. The standard InChI is InChI=1S/C7H6FN2O/c8-7(2-4-11-7)6-1-3-9-5-10-6/h1,3H,2,4H2. The number of ether oxygens (including phenoxy) is 1. The highest BCUT2D eigenvalue weighted by Crippen LogP contribution is 2.36. The molecular formula is C7H6FN2O. The molecule has 3 nitrogen and oxygen atoms in total. The van der Waals surface area contributed by atoms with Gasteiger partial charge in [0, 0.05) is 12.6 Å². The van der Waals surface area contributed by atoms with Crippen molar-refractivity contribution in [1.29, 1.82) is 0 Å². The topological polar surface area (TPSA) is 35.0 Å². The fourth-order valence-electron chi connectivity index (χ4n) is 0.952. The largest absolute Gasteiger partial charge is 0.341 e. The third-order valence-electron chi connectivity index (χ3n) is 1.67. The van der Waals surface area contributed by atoms with E-state index < -0.39 is 5.85 Å². The van der Waals surface area contributed by atoms with Gasteiger partial charge in [0.1, 0.15) is 5.69 Å². The minimum Gasteiger partial charge on any atom is -0.341 e. The van der Waals surface area contributed by atoms with E-state index in [-0.39, 0.29) is 5.69 Å². The lowest BCUT2D eigenvalue weighted by atomic mass is 10.1. The predicted molar refractivity (Wildman–Crippen MR) is 34.2 cm³/mol. The van der Waals surface area contributed by atoms with E-state index in [0.717, 1.165) is 0 Å². The Kier molecular flexibility index (Phi) is 1.35. The summed E-state index contributed by atoms with van der Waals surface area (Å²) in [6, 6.07) is 1.50. The minimum absolute atomic E-state index is 0.263. The molecule has 0 bridgehead atoms. The van der Waals surface area contributed by atoms with Gasteiger partial charge in [-0.15, -0.1) is 0 Å². The third-order valence-corrected chi connectivity index (χ3v) is 1.67. The fourth-order valence-corrected chi connectivity index (χ4v) is 0.952. The molecule has 0 N–H and O–H groups in total. The van der Waals surface area contributed by atoms with Crippen LogP contribution < -0.4 is 0 Å². The summed E-state index contributed by atoms with van der Waals surface area (Å²) in [6.07, 6.45) is 4.14. The molecule has 0 amide bonds. The summed E-state index contributed by atoms with van der Waals surface area (Å²) in [5.41, 5.74) is 0.263. The highest BCUT2D eigenvalue weighted by atomic mass is 19.2. The Labute approximate surface area is 63.2 Å². The molecule has 4 heteroatoms. The Morgan fingerprint density at radius 2 is 2.55 bits per heavy atom. The Bertz CT molecular complexity index is 248. The molecule has 1 unspecified atom stereocenters. The fraction of sp³-hybridized carbons (Fsp3) is 0.429. The van der Waals surface area contributed by atoms with Crippen molar-refractivity contribution in [1.82, 2.24) is 9.97 Å². The zero-order valence-corrected chi connectivity index (χ0v) is 5.75. The molecule has 1 saturated heterocycles. The van der Waals surface area contributed by atoms with Crippen LogP contribution in [0.3, 0.4) is 0 Å². The lowest BCUT2D eigenvalue weighted by Crippen LogP contribution is -2.37. The highest BCUT2D eigenvalue weighted by molar-refractivity contribution is 5.08. The first-order valence-electron chi connectivity index (χ1n) is 3.34. The second kappa shape index (κ2) is 2.23. The summed E-state index contributed by atoms with van der Waals surface area (Å²) in [7, 11) is 0. The minimum atomic E-state index is -1.67. The van der Waals surface area contributed by atoms with Crippen LogP contribution in [0.2, 0.25) is 0 Å². The number of rotatable bonds is 1. The van der Waals surface area contributed by atoms with E-state index in [1.165, 1.54) is 12.3 Å². The van der Waals surface area contributed by atoms with Gasteiger partial charge in [-0.1, -0.05) is 0 Å². The van der Waals surface area contributed by atoms with Crippen LogP contribution in [0.15, 0.2) is 12.3 Å². The van der Waals surface area contributed by atoms with Gasteiger partial charge in [-0.2, -0.15) is 0 Å². The van der Waals surface area contributed by atoms with Gasteiger partial charge in [0.2, 0.25) is 0 Å². The van der Waals surface area contributed by atoms with Crippen molar-refractivity contribution in [3.8, 4) is 0 Å². The van der Waals surface area contributed by atoms with Crippen LogP contribution in [0.25, 0.3) is 0 Å². The van der Waals surface area contributed by atoms with Crippen LogP contribution in [0.5, 0.6) is 0 Å². The molecule has 0 spiro atoms. The average Bonchev–Trinajstić information content (AvgIpc) is 2.02. The van der Waals surface area contributed by atoms with Crippen LogP contribution in [0.4, 0.5) is 4.39 Å².